The largest absolute Gasteiger partial charge is 0.356 e. The first kappa shape index (κ1) is 13.7. The number of aryl methyl sites for hydroxylation is 1. The Kier molecular flexibility index (Phi) is 5.56. The van der Waals surface area contributed by atoms with Crippen LogP contribution in [0.5, 0.6) is 0 Å². The van der Waals surface area contributed by atoms with Crippen LogP contribution in [0.4, 0.5) is 0 Å². The molecular formula is C15H21N3O. The van der Waals surface area contributed by atoms with Crippen molar-refractivity contribution in [2.24, 2.45) is 0 Å². The van der Waals surface area contributed by atoms with Crippen LogP contribution in [0.3, 0.4) is 0 Å². The molecule has 1 aromatic rings. The van der Waals surface area contributed by atoms with Crippen molar-refractivity contribution in [3.63, 3.8) is 0 Å². The van der Waals surface area contributed by atoms with Gasteiger partial charge in [-0.2, -0.15) is 0 Å². The highest BCUT2D eigenvalue weighted by atomic mass is 16.1. The summed E-state index contributed by atoms with van der Waals surface area (Å²) in [5.41, 5.74) is 2.42. The summed E-state index contributed by atoms with van der Waals surface area (Å²) in [6.45, 7) is 2.76. The highest BCUT2D eigenvalue weighted by Crippen LogP contribution is 2.07. The van der Waals surface area contributed by atoms with Crippen molar-refractivity contribution < 1.29 is 4.79 Å². The predicted octanol–water partition coefficient (Wildman–Crippen LogP) is 1.44. The third-order valence-corrected chi connectivity index (χ3v) is 3.26. The van der Waals surface area contributed by atoms with Crippen molar-refractivity contribution in [3.05, 3.63) is 41.7 Å². The van der Waals surface area contributed by atoms with E-state index in [1.54, 1.807) is 6.20 Å². The molecule has 2 rings (SSSR count). The van der Waals surface area contributed by atoms with Crippen molar-refractivity contribution in [1.29, 1.82) is 0 Å². The molecule has 0 fully saturated rings. The summed E-state index contributed by atoms with van der Waals surface area (Å²) in [7, 11) is 0. The summed E-state index contributed by atoms with van der Waals surface area (Å²) >= 11 is 0. The van der Waals surface area contributed by atoms with Gasteiger partial charge in [-0.1, -0.05) is 17.7 Å². The second kappa shape index (κ2) is 7.69. The zero-order valence-corrected chi connectivity index (χ0v) is 11.2. The molecule has 102 valence electrons. The predicted molar refractivity (Wildman–Crippen MR) is 75.8 cm³/mol. The fourth-order valence-electron chi connectivity index (χ4n) is 2.14. The maximum absolute atomic E-state index is 11.7. The quantitative estimate of drug-likeness (QED) is 0.760. The lowest BCUT2D eigenvalue weighted by atomic mass is 10.1. The lowest BCUT2D eigenvalue weighted by molar-refractivity contribution is -0.121. The van der Waals surface area contributed by atoms with E-state index in [0.29, 0.717) is 12.8 Å². The minimum Gasteiger partial charge on any atom is -0.356 e. The average Bonchev–Trinajstić information content (AvgIpc) is 2.47. The Morgan fingerprint density at radius 2 is 2.32 bits per heavy atom. The van der Waals surface area contributed by atoms with Gasteiger partial charge in [0.1, 0.15) is 0 Å². The molecule has 4 heteroatoms. The molecule has 0 unspecified atom stereocenters. The molecule has 1 aliphatic heterocycles. The van der Waals surface area contributed by atoms with Crippen LogP contribution in [0.1, 0.15) is 25.0 Å². The van der Waals surface area contributed by atoms with Crippen molar-refractivity contribution >= 4 is 5.91 Å². The van der Waals surface area contributed by atoms with Crippen LogP contribution in [-0.2, 0) is 11.2 Å². The molecule has 0 atom stereocenters. The first-order valence-corrected chi connectivity index (χ1v) is 6.90. The summed E-state index contributed by atoms with van der Waals surface area (Å²) in [4.78, 5) is 15.9. The molecule has 1 aromatic heterocycles. The second-order valence-corrected chi connectivity index (χ2v) is 4.74. The number of nitrogens with zero attached hydrogens (tertiary/aromatic N) is 1. The summed E-state index contributed by atoms with van der Waals surface area (Å²) in [6, 6.07) is 5.78. The molecule has 0 radical (unpaired) electrons. The third kappa shape index (κ3) is 5.22. The van der Waals surface area contributed by atoms with Crippen LogP contribution in [0, 0.1) is 0 Å². The van der Waals surface area contributed by atoms with E-state index in [1.807, 2.05) is 18.2 Å². The van der Waals surface area contributed by atoms with Crippen molar-refractivity contribution in [2.45, 2.75) is 25.7 Å². The Balaban J connectivity index is 1.61. The molecule has 1 aliphatic rings. The number of carbonyl (C=O) groups is 1. The minimum atomic E-state index is 0.111. The first-order valence-electron chi connectivity index (χ1n) is 6.90. The Labute approximate surface area is 114 Å². The number of rotatable bonds is 6. The number of carbonyl (C=O) groups excluding carboxylic acids is 1. The van der Waals surface area contributed by atoms with E-state index in [1.165, 1.54) is 5.57 Å². The number of nitrogens with one attached hydrogen (secondary N) is 2. The monoisotopic (exact) mass is 259 g/mol. The van der Waals surface area contributed by atoms with E-state index in [2.05, 4.69) is 21.7 Å². The summed E-state index contributed by atoms with van der Waals surface area (Å²) in [5.74, 6) is 0.111. The van der Waals surface area contributed by atoms with E-state index < -0.39 is 0 Å². The fourth-order valence-corrected chi connectivity index (χ4v) is 2.14. The normalized spacial score (nSPS) is 14.8. The molecule has 2 N–H and O–H groups in total. The smallest absolute Gasteiger partial charge is 0.220 e. The Hall–Kier alpha value is -1.68. The van der Waals surface area contributed by atoms with E-state index in [0.717, 1.165) is 38.2 Å². The zero-order chi connectivity index (χ0) is 13.3. The van der Waals surface area contributed by atoms with Gasteiger partial charge in [0, 0.05) is 31.4 Å². The van der Waals surface area contributed by atoms with Crippen LogP contribution in [-0.4, -0.2) is 30.5 Å². The lowest BCUT2D eigenvalue weighted by Gasteiger charge is -2.14. The van der Waals surface area contributed by atoms with Gasteiger partial charge in [0.05, 0.1) is 0 Å². The van der Waals surface area contributed by atoms with Gasteiger partial charge in [0.2, 0.25) is 5.91 Å². The van der Waals surface area contributed by atoms with E-state index in [4.69, 9.17) is 0 Å². The maximum atomic E-state index is 11.7. The van der Waals surface area contributed by atoms with Crippen LogP contribution in [0.15, 0.2) is 36.0 Å². The van der Waals surface area contributed by atoms with Gasteiger partial charge < -0.3 is 10.6 Å². The molecule has 0 spiro atoms. The number of hydrogen-bond donors (Lipinski definition) is 2. The standard InChI is InChI=1S/C15H21N3O/c19-15(5-4-14-3-1-2-9-17-14)18-12-8-13-6-10-16-11-7-13/h1-3,6,9,16H,4-5,7-8,10-12H2,(H,18,19). The summed E-state index contributed by atoms with van der Waals surface area (Å²) < 4.78 is 0. The van der Waals surface area contributed by atoms with E-state index >= 15 is 0 Å². The van der Waals surface area contributed by atoms with Gasteiger partial charge in [-0.25, -0.2) is 0 Å². The summed E-state index contributed by atoms with van der Waals surface area (Å²) in [6.07, 6.45) is 7.28. The minimum absolute atomic E-state index is 0.111. The van der Waals surface area contributed by atoms with Gasteiger partial charge in [-0.15, -0.1) is 0 Å². The topological polar surface area (TPSA) is 54.0 Å². The van der Waals surface area contributed by atoms with E-state index in [-0.39, 0.29) is 5.91 Å². The Bertz CT molecular complexity index is 428. The molecule has 0 saturated carbocycles. The number of hydrogen-bond acceptors (Lipinski definition) is 3. The van der Waals surface area contributed by atoms with Gasteiger partial charge in [0.25, 0.3) is 0 Å². The fraction of sp³-hybridized carbons (Fsp3) is 0.467. The molecular weight excluding hydrogens is 238 g/mol. The molecule has 0 aliphatic carbocycles. The molecule has 4 nitrogen and oxygen atoms in total. The van der Waals surface area contributed by atoms with Gasteiger partial charge >= 0.3 is 0 Å². The molecule has 0 aromatic carbocycles. The molecule has 0 saturated heterocycles. The molecule has 19 heavy (non-hydrogen) atoms. The van der Waals surface area contributed by atoms with Crippen molar-refractivity contribution in [2.75, 3.05) is 19.6 Å². The maximum Gasteiger partial charge on any atom is 0.220 e. The van der Waals surface area contributed by atoms with Crippen molar-refractivity contribution in [1.82, 2.24) is 15.6 Å². The average molecular weight is 259 g/mol. The highest BCUT2D eigenvalue weighted by molar-refractivity contribution is 5.76. The van der Waals surface area contributed by atoms with E-state index in [9.17, 15) is 4.79 Å². The first-order chi connectivity index (χ1) is 9.34. The van der Waals surface area contributed by atoms with Gasteiger partial charge in [-0.3, -0.25) is 9.78 Å². The molecule has 1 amide bonds. The zero-order valence-electron chi connectivity index (χ0n) is 11.2. The van der Waals surface area contributed by atoms with Crippen LogP contribution in [0.2, 0.25) is 0 Å². The molecule has 2 heterocycles. The summed E-state index contributed by atoms with van der Waals surface area (Å²) in [5, 5.41) is 6.25. The highest BCUT2D eigenvalue weighted by Gasteiger charge is 2.05. The Morgan fingerprint density at radius 3 is 3.05 bits per heavy atom. The number of amides is 1. The van der Waals surface area contributed by atoms with Crippen LogP contribution < -0.4 is 10.6 Å². The number of pyridine rings is 1. The second-order valence-electron chi connectivity index (χ2n) is 4.74. The third-order valence-electron chi connectivity index (χ3n) is 3.26. The lowest BCUT2D eigenvalue weighted by Crippen LogP contribution is -2.26. The van der Waals surface area contributed by atoms with Crippen LogP contribution >= 0.6 is 0 Å². The van der Waals surface area contributed by atoms with Crippen molar-refractivity contribution in [3.8, 4) is 0 Å². The molecule has 0 bridgehead atoms. The SMILES string of the molecule is O=C(CCc1ccccn1)NCCC1=CCNCC1. The van der Waals surface area contributed by atoms with Crippen LogP contribution in [0.25, 0.3) is 0 Å². The number of aromatic nitrogens is 1. The van der Waals surface area contributed by atoms with Gasteiger partial charge in [0.15, 0.2) is 0 Å². The Morgan fingerprint density at radius 1 is 1.37 bits per heavy atom. The van der Waals surface area contributed by atoms with Gasteiger partial charge in [-0.05, 0) is 37.9 Å².